The smallest absolute Gasteiger partial charge is 0.257 e. The second kappa shape index (κ2) is 12.8. The Balaban J connectivity index is 1.19. The molecule has 1 saturated carbocycles. The SMILES string of the molecule is CN1CCc2nc(NC(=O)c3cccc(C4CCCC(CC(=O)c5cccc(C(C=N)C=N)c5)CC4)c3)sc2C1. The van der Waals surface area contributed by atoms with Crippen LogP contribution in [0.2, 0.25) is 0 Å². The van der Waals surface area contributed by atoms with Gasteiger partial charge in [0.1, 0.15) is 0 Å². The second-order valence-corrected chi connectivity index (χ2v) is 12.2. The molecule has 0 spiro atoms. The molecule has 1 aromatic heterocycles. The first-order chi connectivity index (χ1) is 19.4. The number of rotatable bonds is 9. The number of amides is 1. The van der Waals surface area contributed by atoms with Crippen molar-refractivity contribution in [3.8, 4) is 0 Å². The van der Waals surface area contributed by atoms with Crippen molar-refractivity contribution in [3.63, 3.8) is 0 Å². The Bertz CT molecular complexity index is 1390. The van der Waals surface area contributed by atoms with Crippen LogP contribution < -0.4 is 5.32 Å². The summed E-state index contributed by atoms with van der Waals surface area (Å²) in [7, 11) is 2.11. The van der Waals surface area contributed by atoms with Gasteiger partial charge in [-0.25, -0.2) is 4.98 Å². The fourth-order valence-corrected chi connectivity index (χ4v) is 7.02. The van der Waals surface area contributed by atoms with Crippen molar-refractivity contribution < 1.29 is 9.59 Å². The molecule has 0 radical (unpaired) electrons. The van der Waals surface area contributed by atoms with Crippen LogP contribution in [0.25, 0.3) is 0 Å². The van der Waals surface area contributed by atoms with Crippen molar-refractivity contribution in [2.24, 2.45) is 5.92 Å². The Morgan fingerprint density at radius 3 is 2.70 bits per heavy atom. The zero-order chi connectivity index (χ0) is 28.1. The molecule has 2 atom stereocenters. The summed E-state index contributed by atoms with van der Waals surface area (Å²) in [6.07, 6.45) is 9.01. The lowest BCUT2D eigenvalue weighted by molar-refractivity contribution is 0.0955. The predicted molar refractivity (Wildman–Crippen MR) is 162 cm³/mol. The maximum atomic E-state index is 13.1. The largest absolute Gasteiger partial charge is 0.312 e. The molecule has 40 heavy (non-hydrogen) atoms. The maximum absolute atomic E-state index is 13.1. The van der Waals surface area contributed by atoms with Crippen molar-refractivity contribution in [1.82, 2.24) is 9.88 Å². The lowest BCUT2D eigenvalue weighted by Gasteiger charge is -2.20. The second-order valence-electron chi connectivity index (χ2n) is 11.1. The van der Waals surface area contributed by atoms with Gasteiger partial charge in [-0.2, -0.15) is 0 Å². The number of benzene rings is 2. The highest BCUT2D eigenvalue weighted by molar-refractivity contribution is 7.15. The first-order valence-electron chi connectivity index (χ1n) is 14.2. The van der Waals surface area contributed by atoms with Crippen LogP contribution >= 0.6 is 11.3 Å². The predicted octanol–water partition coefficient (Wildman–Crippen LogP) is 6.70. The molecule has 2 aliphatic rings. The van der Waals surface area contributed by atoms with Gasteiger partial charge in [-0.3, -0.25) is 14.9 Å². The van der Waals surface area contributed by atoms with Gasteiger partial charge in [0.2, 0.25) is 0 Å². The van der Waals surface area contributed by atoms with Crippen LogP contribution in [0.4, 0.5) is 5.13 Å². The highest BCUT2D eigenvalue weighted by Gasteiger charge is 2.24. The summed E-state index contributed by atoms with van der Waals surface area (Å²) in [5, 5.41) is 18.8. The van der Waals surface area contributed by atoms with E-state index >= 15 is 0 Å². The molecule has 0 saturated heterocycles. The molecule has 1 aliphatic heterocycles. The van der Waals surface area contributed by atoms with Crippen LogP contribution in [-0.4, -0.2) is 47.6 Å². The van der Waals surface area contributed by atoms with E-state index in [0.29, 0.717) is 34.5 Å². The van der Waals surface area contributed by atoms with Crippen LogP contribution in [0.15, 0.2) is 48.5 Å². The van der Waals surface area contributed by atoms with Gasteiger partial charge in [0.15, 0.2) is 10.9 Å². The van der Waals surface area contributed by atoms with E-state index in [9.17, 15) is 9.59 Å². The Morgan fingerprint density at radius 2 is 1.88 bits per heavy atom. The van der Waals surface area contributed by atoms with Gasteiger partial charge in [-0.05, 0) is 73.9 Å². The van der Waals surface area contributed by atoms with Crippen molar-refractivity contribution in [1.29, 1.82) is 10.8 Å². The first-order valence-corrected chi connectivity index (χ1v) is 15.0. The van der Waals surface area contributed by atoms with Crippen LogP contribution in [0.5, 0.6) is 0 Å². The minimum absolute atomic E-state index is 0.117. The number of hydrogen-bond donors (Lipinski definition) is 3. The number of hydrogen-bond acceptors (Lipinski definition) is 7. The van der Waals surface area contributed by atoms with Gasteiger partial charge in [0.05, 0.1) is 11.6 Å². The third-order valence-corrected chi connectivity index (χ3v) is 9.28. The van der Waals surface area contributed by atoms with Gasteiger partial charge in [0, 0.05) is 54.4 Å². The summed E-state index contributed by atoms with van der Waals surface area (Å²) in [6.45, 7) is 1.88. The molecule has 3 N–H and O–H groups in total. The molecule has 2 aromatic carbocycles. The minimum Gasteiger partial charge on any atom is -0.312 e. The van der Waals surface area contributed by atoms with Gasteiger partial charge in [-0.15, -0.1) is 11.3 Å². The fourth-order valence-electron chi connectivity index (χ4n) is 5.94. The van der Waals surface area contributed by atoms with E-state index < -0.39 is 5.92 Å². The number of nitrogens with zero attached hydrogens (tertiary/aromatic N) is 2. The summed E-state index contributed by atoms with van der Waals surface area (Å²) in [5.74, 6) is 0.337. The zero-order valence-electron chi connectivity index (χ0n) is 23.0. The van der Waals surface area contributed by atoms with Crippen molar-refractivity contribution >= 4 is 40.6 Å². The van der Waals surface area contributed by atoms with E-state index in [1.807, 2.05) is 42.5 Å². The molecule has 1 amide bonds. The first kappa shape index (κ1) is 28.1. The number of Topliss-reactive ketones (excluding diaryl/α,β-unsaturated/α-hetero) is 1. The molecular weight excluding hydrogens is 518 g/mol. The lowest BCUT2D eigenvalue weighted by atomic mass is 9.88. The number of likely N-dealkylation sites (N-methyl/N-ethyl adjacent to an activating group) is 1. The lowest BCUT2D eigenvalue weighted by Crippen LogP contribution is -2.25. The third kappa shape index (κ3) is 6.62. The van der Waals surface area contributed by atoms with Crippen molar-refractivity contribution in [3.05, 3.63) is 81.4 Å². The van der Waals surface area contributed by atoms with E-state index in [4.69, 9.17) is 10.8 Å². The monoisotopic (exact) mass is 555 g/mol. The van der Waals surface area contributed by atoms with Gasteiger partial charge >= 0.3 is 0 Å². The van der Waals surface area contributed by atoms with Crippen LogP contribution in [-0.2, 0) is 13.0 Å². The highest BCUT2D eigenvalue weighted by atomic mass is 32.1. The van der Waals surface area contributed by atoms with E-state index in [2.05, 4.69) is 28.3 Å². The molecule has 2 heterocycles. The Hall–Kier alpha value is -3.49. The third-order valence-electron chi connectivity index (χ3n) is 8.28. The fraction of sp³-hybridized carbons (Fsp3) is 0.406. The van der Waals surface area contributed by atoms with Crippen LogP contribution in [0, 0.1) is 16.7 Å². The van der Waals surface area contributed by atoms with Gasteiger partial charge in [0.25, 0.3) is 5.91 Å². The average Bonchev–Trinajstić information content (AvgIpc) is 3.21. The number of carbonyl (C=O) groups excluding carboxylic acids is 2. The van der Waals surface area contributed by atoms with Crippen LogP contribution in [0.3, 0.4) is 0 Å². The molecule has 208 valence electrons. The van der Waals surface area contributed by atoms with Gasteiger partial charge in [-0.1, -0.05) is 36.8 Å². The summed E-state index contributed by atoms with van der Waals surface area (Å²) < 4.78 is 0. The number of carbonyl (C=O) groups is 2. The number of nitrogens with one attached hydrogen (secondary N) is 3. The molecule has 2 unspecified atom stereocenters. The average molecular weight is 556 g/mol. The van der Waals surface area contributed by atoms with E-state index in [0.717, 1.165) is 62.9 Å². The number of aromatic nitrogens is 1. The topological polar surface area (TPSA) is 110 Å². The Morgan fingerprint density at radius 1 is 1.07 bits per heavy atom. The van der Waals surface area contributed by atoms with E-state index in [1.165, 1.54) is 22.9 Å². The highest BCUT2D eigenvalue weighted by Crippen LogP contribution is 2.36. The molecule has 5 rings (SSSR count). The minimum atomic E-state index is -0.391. The number of ketones is 1. The van der Waals surface area contributed by atoms with Crippen LogP contribution in [0.1, 0.15) is 92.8 Å². The van der Waals surface area contributed by atoms with Crippen molar-refractivity contribution in [2.45, 2.75) is 63.3 Å². The molecule has 8 heteroatoms. The zero-order valence-corrected chi connectivity index (χ0v) is 23.8. The maximum Gasteiger partial charge on any atom is 0.257 e. The molecule has 7 nitrogen and oxygen atoms in total. The molecule has 0 bridgehead atoms. The molecule has 1 fully saturated rings. The number of fused-ring (bicyclic) bond motifs is 1. The van der Waals surface area contributed by atoms with E-state index in [1.54, 1.807) is 11.3 Å². The van der Waals surface area contributed by atoms with Gasteiger partial charge < -0.3 is 15.7 Å². The summed E-state index contributed by atoms with van der Waals surface area (Å²) in [6, 6.07) is 15.4. The normalized spacial score (nSPS) is 20.1. The van der Waals surface area contributed by atoms with E-state index in [-0.39, 0.29) is 11.7 Å². The molecular formula is C32H37N5O2S. The quantitative estimate of drug-likeness (QED) is 0.155. The Labute approximate surface area is 240 Å². The summed E-state index contributed by atoms with van der Waals surface area (Å²) in [5.41, 5.74) is 4.43. The summed E-state index contributed by atoms with van der Waals surface area (Å²) >= 11 is 1.57. The summed E-state index contributed by atoms with van der Waals surface area (Å²) in [4.78, 5) is 34.4. The number of anilines is 1. The standard InChI is InChI=1S/C32H37N5O2S/c1-37-14-13-28-30(20-37)40-32(35-28)36-31(39)26-10-4-7-23(17-26)22-6-2-5-21(11-12-22)15-29(38)25-9-3-8-24(16-25)27(18-33)19-34/h3-4,7-10,16-19,21-22,27,33-34H,2,5-6,11-15,20H2,1H3,(H,35,36,39). The number of thiazole rings is 1. The van der Waals surface area contributed by atoms with Crippen molar-refractivity contribution in [2.75, 3.05) is 18.9 Å². The molecule has 3 aromatic rings. The molecule has 1 aliphatic carbocycles. The Kier molecular flexibility index (Phi) is 8.97.